The van der Waals surface area contributed by atoms with Gasteiger partial charge < -0.3 is 15.0 Å². The molecular weight excluding hydrogens is 343 g/mol. The first-order valence-corrected chi connectivity index (χ1v) is 9.22. The molecule has 2 atom stereocenters. The fourth-order valence-corrected chi connectivity index (χ4v) is 3.05. The van der Waals surface area contributed by atoms with Gasteiger partial charge in [0.25, 0.3) is 0 Å². The molecule has 2 unspecified atom stereocenters. The summed E-state index contributed by atoms with van der Waals surface area (Å²) in [4.78, 5) is 14.3. The quantitative estimate of drug-likeness (QED) is 0.749. The van der Waals surface area contributed by atoms with Gasteiger partial charge in [-0.25, -0.2) is 4.39 Å². The smallest absolute Gasteiger partial charge is 0.236 e. The highest BCUT2D eigenvalue weighted by Gasteiger charge is 2.21. The van der Waals surface area contributed by atoms with E-state index in [1.807, 2.05) is 31.2 Å². The Kier molecular flexibility index (Phi) is 7.36. The first-order valence-electron chi connectivity index (χ1n) is 9.22. The van der Waals surface area contributed by atoms with E-state index < -0.39 is 0 Å². The Morgan fingerprint density at radius 1 is 1.04 bits per heavy atom. The molecule has 1 N–H and O–H groups in total. The van der Waals surface area contributed by atoms with Crippen LogP contribution in [0.1, 0.15) is 44.0 Å². The molecule has 4 nitrogen and oxygen atoms in total. The lowest BCUT2D eigenvalue weighted by atomic mass is 9.96. The van der Waals surface area contributed by atoms with Gasteiger partial charge in [-0.1, -0.05) is 38.1 Å². The molecule has 2 rings (SSSR count). The lowest BCUT2D eigenvalue weighted by molar-refractivity contribution is -0.131. The zero-order valence-corrected chi connectivity index (χ0v) is 16.7. The number of methoxy groups -OCH3 is 1. The van der Waals surface area contributed by atoms with E-state index in [2.05, 4.69) is 19.2 Å². The van der Waals surface area contributed by atoms with Crippen molar-refractivity contribution in [3.63, 3.8) is 0 Å². The molecule has 5 heteroatoms. The molecule has 0 saturated carbocycles. The Bertz CT molecular complexity index is 729. The van der Waals surface area contributed by atoms with Gasteiger partial charge in [0.05, 0.1) is 19.7 Å². The van der Waals surface area contributed by atoms with Crippen LogP contribution in [0, 0.1) is 11.7 Å². The van der Waals surface area contributed by atoms with Crippen molar-refractivity contribution >= 4 is 5.91 Å². The molecule has 0 aromatic heterocycles. The van der Waals surface area contributed by atoms with Gasteiger partial charge in [-0.05, 0) is 48.2 Å². The van der Waals surface area contributed by atoms with Gasteiger partial charge in [0.1, 0.15) is 11.6 Å². The van der Waals surface area contributed by atoms with Gasteiger partial charge >= 0.3 is 0 Å². The lowest BCUT2D eigenvalue weighted by Gasteiger charge is -2.28. The second-order valence-electron chi connectivity index (χ2n) is 7.11. The summed E-state index contributed by atoms with van der Waals surface area (Å²) in [5.74, 6) is 0.850. The summed E-state index contributed by atoms with van der Waals surface area (Å²) in [6, 6.07) is 14.1. The normalized spacial score (nSPS) is 13.3. The minimum atomic E-state index is -0.277. The Labute approximate surface area is 161 Å². The highest BCUT2D eigenvalue weighted by Crippen LogP contribution is 2.24. The number of carbonyl (C=O) groups is 1. The predicted molar refractivity (Wildman–Crippen MR) is 106 cm³/mol. The van der Waals surface area contributed by atoms with E-state index in [4.69, 9.17) is 4.74 Å². The van der Waals surface area contributed by atoms with E-state index in [0.29, 0.717) is 5.92 Å². The van der Waals surface area contributed by atoms with Crippen LogP contribution < -0.4 is 10.1 Å². The third-order valence-corrected chi connectivity index (χ3v) is 4.94. The van der Waals surface area contributed by atoms with Crippen LogP contribution in [-0.2, 0) is 4.79 Å². The molecule has 0 heterocycles. The molecule has 0 radical (unpaired) electrons. The average Bonchev–Trinajstić information content (AvgIpc) is 2.67. The summed E-state index contributed by atoms with van der Waals surface area (Å²) in [5, 5.41) is 3.38. The number of nitrogens with zero attached hydrogens (tertiary/aromatic N) is 1. The molecule has 0 aliphatic rings. The maximum Gasteiger partial charge on any atom is 0.236 e. The zero-order valence-electron chi connectivity index (χ0n) is 16.7. The van der Waals surface area contributed by atoms with Gasteiger partial charge in [-0.2, -0.15) is 0 Å². The second kappa shape index (κ2) is 9.51. The highest BCUT2D eigenvalue weighted by atomic mass is 19.1. The summed E-state index contributed by atoms with van der Waals surface area (Å²) in [7, 11) is 3.42. The first-order chi connectivity index (χ1) is 12.8. The fraction of sp³-hybridized carbons (Fsp3) is 0.409. The van der Waals surface area contributed by atoms with Gasteiger partial charge in [0, 0.05) is 13.1 Å². The first kappa shape index (κ1) is 20.9. The lowest BCUT2D eigenvalue weighted by Crippen LogP contribution is -2.39. The Hall–Kier alpha value is -2.40. The van der Waals surface area contributed by atoms with Crippen LogP contribution in [0.2, 0.25) is 0 Å². The molecule has 0 aliphatic carbocycles. The van der Waals surface area contributed by atoms with Crippen molar-refractivity contribution in [2.75, 3.05) is 20.7 Å². The third kappa shape index (κ3) is 5.54. The van der Waals surface area contributed by atoms with E-state index in [1.54, 1.807) is 31.2 Å². The summed E-state index contributed by atoms with van der Waals surface area (Å²) < 4.78 is 18.3. The zero-order chi connectivity index (χ0) is 20.0. The van der Waals surface area contributed by atoms with Crippen LogP contribution in [0.25, 0.3) is 0 Å². The number of carbonyl (C=O) groups excluding carboxylic acids is 1. The van der Waals surface area contributed by atoms with E-state index >= 15 is 0 Å². The van der Waals surface area contributed by atoms with E-state index in [9.17, 15) is 9.18 Å². The number of rotatable bonds is 8. The summed E-state index contributed by atoms with van der Waals surface area (Å²) >= 11 is 0. The standard InChI is InChI=1S/C22H29FN2O2/c1-15(2)22(18-8-12-20(27-5)13-9-18)24-14-21(26)25(4)16(3)17-6-10-19(23)11-7-17/h6-13,15-16,22,24H,14H2,1-5H3. The molecule has 1 amide bonds. The number of ether oxygens (including phenoxy) is 1. The topological polar surface area (TPSA) is 41.6 Å². The van der Waals surface area contributed by atoms with Crippen LogP contribution in [0.4, 0.5) is 4.39 Å². The second-order valence-corrected chi connectivity index (χ2v) is 7.11. The summed E-state index contributed by atoms with van der Waals surface area (Å²) in [6.45, 7) is 6.42. The largest absolute Gasteiger partial charge is 0.497 e. The van der Waals surface area contributed by atoms with Crippen molar-refractivity contribution in [3.05, 3.63) is 65.5 Å². The third-order valence-electron chi connectivity index (χ3n) is 4.94. The van der Waals surface area contributed by atoms with Crippen molar-refractivity contribution in [1.82, 2.24) is 10.2 Å². The van der Waals surface area contributed by atoms with Gasteiger partial charge in [0.15, 0.2) is 0 Å². The molecule has 0 aliphatic heterocycles. The Balaban J connectivity index is 2.00. The average molecular weight is 372 g/mol. The minimum absolute atomic E-state index is 0.00835. The van der Waals surface area contributed by atoms with Crippen molar-refractivity contribution < 1.29 is 13.9 Å². The molecule has 0 saturated heterocycles. The Morgan fingerprint density at radius 3 is 2.11 bits per heavy atom. The minimum Gasteiger partial charge on any atom is -0.497 e. The predicted octanol–water partition coefficient (Wildman–Crippen LogP) is 4.34. The SMILES string of the molecule is COc1ccc(C(NCC(=O)N(C)C(C)c2ccc(F)cc2)C(C)C)cc1. The number of amides is 1. The number of nitrogens with one attached hydrogen (secondary N) is 1. The van der Waals surface area contributed by atoms with Gasteiger partial charge in [-0.15, -0.1) is 0 Å². The van der Waals surface area contributed by atoms with Gasteiger partial charge in [0.2, 0.25) is 5.91 Å². The monoisotopic (exact) mass is 372 g/mol. The maximum absolute atomic E-state index is 13.1. The number of hydrogen-bond acceptors (Lipinski definition) is 3. The van der Waals surface area contributed by atoms with Crippen molar-refractivity contribution in [1.29, 1.82) is 0 Å². The fourth-order valence-electron chi connectivity index (χ4n) is 3.05. The van der Waals surface area contributed by atoms with Crippen molar-refractivity contribution in [2.24, 2.45) is 5.92 Å². The summed E-state index contributed by atoms with van der Waals surface area (Å²) in [6.07, 6.45) is 0. The highest BCUT2D eigenvalue weighted by molar-refractivity contribution is 5.78. The molecule has 0 bridgehead atoms. The molecule has 146 valence electrons. The summed E-state index contributed by atoms with van der Waals surface area (Å²) in [5.41, 5.74) is 2.02. The molecule has 27 heavy (non-hydrogen) atoms. The molecule has 2 aromatic carbocycles. The van der Waals surface area contributed by atoms with E-state index in [-0.39, 0.29) is 30.4 Å². The molecule has 0 spiro atoms. The van der Waals surface area contributed by atoms with Crippen LogP contribution in [0.5, 0.6) is 5.75 Å². The number of benzene rings is 2. The maximum atomic E-state index is 13.1. The molecule has 0 fully saturated rings. The molecule has 2 aromatic rings. The van der Waals surface area contributed by atoms with Crippen molar-refractivity contribution in [3.8, 4) is 5.75 Å². The van der Waals surface area contributed by atoms with Crippen LogP contribution in [-0.4, -0.2) is 31.5 Å². The van der Waals surface area contributed by atoms with Crippen LogP contribution in [0.3, 0.4) is 0 Å². The number of halogens is 1. The molecular formula is C22H29FN2O2. The number of hydrogen-bond donors (Lipinski definition) is 1. The van der Waals surface area contributed by atoms with E-state index in [0.717, 1.165) is 16.9 Å². The Morgan fingerprint density at radius 2 is 1.59 bits per heavy atom. The van der Waals surface area contributed by atoms with E-state index in [1.165, 1.54) is 12.1 Å². The number of likely N-dealkylation sites (N-methyl/N-ethyl adjacent to an activating group) is 1. The van der Waals surface area contributed by atoms with Crippen LogP contribution >= 0.6 is 0 Å². The van der Waals surface area contributed by atoms with Crippen molar-refractivity contribution in [2.45, 2.75) is 32.9 Å². The van der Waals surface area contributed by atoms with Crippen LogP contribution in [0.15, 0.2) is 48.5 Å². The van der Waals surface area contributed by atoms with Gasteiger partial charge in [-0.3, -0.25) is 4.79 Å².